The number of nitrogens with zero attached hydrogens (tertiary/aromatic N) is 1. The molecule has 9 nitrogen and oxygen atoms in total. The Kier molecular flexibility index (Phi) is 7.06. The Hall–Kier alpha value is -3.53. The number of hydrogen-bond acceptors (Lipinski definition) is 7. The fourth-order valence-corrected chi connectivity index (χ4v) is 4.93. The molecule has 34 heavy (non-hydrogen) atoms. The van der Waals surface area contributed by atoms with Gasteiger partial charge in [-0.1, -0.05) is 36.0 Å². The van der Waals surface area contributed by atoms with Crippen molar-refractivity contribution in [2.24, 2.45) is 0 Å². The fraction of sp³-hybridized carbons (Fsp3) is 0.333. The number of anilines is 1. The lowest BCUT2D eigenvalue weighted by molar-refractivity contribution is -0.137. The summed E-state index contributed by atoms with van der Waals surface area (Å²) >= 11 is 0.888. The number of benzene rings is 2. The second-order valence-corrected chi connectivity index (χ2v) is 9.42. The van der Waals surface area contributed by atoms with Crippen molar-refractivity contribution in [1.82, 2.24) is 5.32 Å². The van der Waals surface area contributed by atoms with Crippen LogP contribution in [0.3, 0.4) is 0 Å². The summed E-state index contributed by atoms with van der Waals surface area (Å²) < 4.78 is 10.7. The molecule has 0 saturated heterocycles. The van der Waals surface area contributed by atoms with Gasteiger partial charge in [-0.25, -0.2) is 0 Å². The average molecular weight is 485 g/mol. The van der Waals surface area contributed by atoms with Crippen molar-refractivity contribution in [3.8, 4) is 11.5 Å². The molecule has 4 rings (SSSR count). The summed E-state index contributed by atoms with van der Waals surface area (Å²) in [7, 11) is 0. The Bertz CT molecular complexity index is 1140. The Morgan fingerprint density at radius 1 is 1.18 bits per heavy atom. The van der Waals surface area contributed by atoms with Crippen molar-refractivity contribution < 1.29 is 33.8 Å². The minimum atomic E-state index is -1.15. The standard InChI is InChI=1S/C24H24N2O7S/c1-14(27)34-21(11-15-6-9-19-20(10-15)33-13-32-19)23(30)25-17-8-7-16-4-2-3-5-18(16)26(24(17)31)12-22(28)29/h2-6,9-10,17,21H,7-8,11-13H2,1H3,(H,25,30)(H,28,29)/t17-,21+/m0/s1. The van der Waals surface area contributed by atoms with E-state index in [9.17, 15) is 24.3 Å². The van der Waals surface area contributed by atoms with Crippen LogP contribution < -0.4 is 19.7 Å². The topological polar surface area (TPSA) is 122 Å². The summed E-state index contributed by atoms with van der Waals surface area (Å²) in [6, 6.07) is 11.5. The van der Waals surface area contributed by atoms with Gasteiger partial charge >= 0.3 is 5.97 Å². The lowest BCUT2D eigenvalue weighted by Crippen LogP contribution is -2.51. The third-order valence-corrected chi connectivity index (χ3v) is 6.61. The minimum Gasteiger partial charge on any atom is -0.480 e. The quantitative estimate of drug-likeness (QED) is 0.613. The van der Waals surface area contributed by atoms with Gasteiger partial charge in [-0.2, -0.15) is 0 Å². The number of ether oxygens (including phenoxy) is 2. The van der Waals surface area contributed by atoms with Crippen molar-refractivity contribution in [2.75, 3.05) is 18.2 Å². The first-order chi connectivity index (χ1) is 16.3. The maximum Gasteiger partial charge on any atom is 0.323 e. The maximum atomic E-state index is 13.3. The van der Waals surface area contributed by atoms with Gasteiger partial charge < -0.3 is 19.9 Å². The van der Waals surface area contributed by atoms with E-state index in [1.807, 2.05) is 12.1 Å². The molecule has 2 aliphatic heterocycles. The molecule has 2 aliphatic rings. The van der Waals surface area contributed by atoms with E-state index in [-0.39, 0.29) is 18.3 Å². The van der Waals surface area contributed by atoms with Crippen LogP contribution in [0.5, 0.6) is 11.5 Å². The van der Waals surface area contributed by atoms with Crippen molar-refractivity contribution >= 4 is 40.3 Å². The fourth-order valence-electron chi connectivity index (χ4n) is 4.08. The molecule has 0 fully saturated rings. The highest BCUT2D eigenvalue weighted by Gasteiger charge is 2.34. The van der Waals surface area contributed by atoms with Gasteiger partial charge in [0.05, 0.1) is 5.25 Å². The Labute approximate surface area is 200 Å². The zero-order chi connectivity index (χ0) is 24.2. The number of amides is 2. The van der Waals surface area contributed by atoms with Gasteiger partial charge in [0.25, 0.3) is 0 Å². The van der Waals surface area contributed by atoms with Crippen LogP contribution in [-0.2, 0) is 32.0 Å². The summed E-state index contributed by atoms with van der Waals surface area (Å²) in [6.07, 6.45) is 1.06. The van der Waals surface area contributed by atoms with Crippen LogP contribution in [0.1, 0.15) is 24.5 Å². The molecule has 10 heteroatoms. The number of para-hydroxylation sites is 1. The van der Waals surface area contributed by atoms with Gasteiger partial charge in [-0.3, -0.25) is 24.1 Å². The van der Waals surface area contributed by atoms with E-state index >= 15 is 0 Å². The molecule has 0 aliphatic carbocycles. The molecule has 0 aromatic heterocycles. The Balaban J connectivity index is 1.52. The molecule has 0 spiro atoms. The number of carbonyl (C=O) groups is 4. The predicted octanol–water partition coefficient (Wildman–Crippen LogP) is 2.15. The summed E-state index contributed by atoms with van der Waals surface area (Å²) in [4.78, 5) is 51.0. The number of carboxylic acid groups (broad SMARTS) is 1. The molecule has 2 atom stereocenters. The van der Waals surface area contributed by atoms with E-state index in [1.165, 1.54) is 11.8 Å². The molecule has 2 N–H and O–H groups in total. The van der Waals surface area contributed by atoms with E-state index in [2.05, 4.69) is 5.32 Å². The van der Waals surface area contributed by atoms with Gasteiger partial charge in [0.2, 0.25) is 18.6 Å². The molecule has 2 amide bonds. The molecule has 178 valence electrons. The second-order valence-electron chi connectivity index (χ2n) is 8.04. The van der Waals surface area contributed by atoms with Gasteiger partial charge in [0, 0.05) is 12.6 Å². The highest BCUT2D eigenvalue weighted by molar-refractivity contribution is 8.14. The third kappa shape index (κ3) is 5.33. The average Bonchev–Trinajstić information content (AvgIpc) is 3.22. The van der Waals surface area contributed by atoms with Crippen LogP contribution in [-0.4, -0.2) is 52.6 Å². The zero-order valence-electron chi connectivity index (χ0n) is 18.5. The van der Waals surface area contributed by atoms with Crippen LogP contribution >= 0.6 is 11.8 Å². The number of thioether (sulfide) groups is 1. The van der Waals surface area contributed by atoms with E-state index in [0.29, 0.717) is 30.0 Å². The van der Waals surface area contributed by atoms with Gasteiger partial charge in [0.1, 0.15) is 12.6 Å². The van der Waals surface area contributed by atoms with Crippen LogP contribution in [0.4, 0.5) is 5.69 Å². The van der Waals surface area contributed by atoms with Crippen molar-refractivity contribution in [3.05, 3.63) is 53.6 Å². The number of fused-ring (bicyclic) bond motifs is 2. The highest BCUT2D eigenvalue weighted by atomic mass is 32.2. The van der Waals surface area contributed by atoms with E-state index in [4.69, 9.17) is 9.47 Å². The summed E-state index contributed by atoms with van der Waals surface area (Å²) in [5.74, 6) is -0.910. The lowest BCUT2D eigenvalue weighted by atomic mass is 10.0. The molecule has 2 heterocycles. The summed E-state index contributed by atoms with van der Waals surface area (Å²) in [5.41, 5.74) is 2.15. The number of aryl methyl sites for hydroxylation is 1. The molecule has 2 aromatic carbocycles. The van der Waals surface area contributed by atoms with E-state index < -0.39 is 35.6 Å². The minimum absolute atomic E-state index is 0.129. The Morgan fingerprint density at radius 2 is 1.94 bits per heavy atom. The lowest BCUT2D eigenvalue weighted by Gasteiger charge is -2.26. The van der Waals surface area contributed by atoms with Crippen molar-refractivity contribution in [1.29, 1.82) is 0 Å². The predicted molar refractivity (Wildman–Crippen MR) is 125 cm³/mol. The molecule has 0 unspecified atom stereocenters. The van der Waals surface area contributed by atoms with Crippen LogP contribution in [0.15, 0.2) is 42.5 Å². The molecule has 0 bridgehead atoms. The SMILES string of the molecule is CC(=O)S[C@H](Cc1ccc2c(c1)OCO2)C(=O)N[C@H]1CCc2ccccc2N(CC(=O)O)C1=O. The first-order valence-electron chi connectivity index (χ1n) is 10.8. The normalized spacial score (nSPS) is 17.5. The first-order valence-corrected chi connectivity index (χ1v) is 11.7. The molecule has 2 aromatic rings. The van der Waals surface area contributed by atoms with Crippen LogP contribution in [0, 0.1) is 0 Å². The third-order valence-electron chi connectivity index (χ3n) is 5.62. The Morgan fingerprint density at radius 3 is 2.71 bits per heavy atom. The maximum absolute atomic E-state index is 13.3. The van der Waals surface area contributed by atoms with Gasteiger partial charge in [0.15, 0.2) is 16.6 Å². The largest absolute Gasteiger partial charge is 0.480 e. The van der Waals surface area contributed by atoms with E-state index in [0.717, 1.165) is 22.9 Å². The van der Waals surface area contributed by atoms with Crippen LogP contribution in [0.25, 0.3) is 0 Å². The smallest absolute Gasteiger partial charge is 0.323 e. The number of carboxylic acids is 1. The number of carbonyl (C=O) groups excluding carboxylic acids is 3. The second kappa shape index (κ2) is 10.2. The molecular formula is C24H24N2O7S. The first kappa shape index (κ1) is 23.6. The van der Waals surface area contributed by atoms with Crippen molar-refractivity contribution in [2.45, 2.75) is 37.5 Å². The number of nitrogens with one attached hydrogen (secondary N) is 1. The molecule has 0 saturated carbocycles. The zero-order valence-corrected chi connectivity index (χ0v) is 19.3. The van der Waals surface area contributed by atoms with Crippen molar-refractivity contribution in [3.63, 3.8) is 0 Å². The molecular weight excluding hydrogens is 460 g/mol. The van der Waals surface area contributed by atoms with Gasteiger partial charge in [-0.05, 0) is 48.6 Å². The summed E-state index contributed by atoms with van der Waals surface area (Å²) in [6.45, 7) is 1.00. The van der Waals surface area contributed by atoms with E-state index in [1.54, 1.807) is 30.3 Å². The molecule has 0 radical (unpaired) electrons. The monoisotopic (exact) mass is 484 g/mol. The van der Waals surface area contributed by atoms with Gasteiger partial charge in [-0.15, -0.1) is 0 Å². The summed E-state index contributed by atoms with van der Waals surface area (Å²) in [5, 5.41) is 11.1. The van der Waals surface area contributed by atoms with Crippen LogP contribution in [0.2, 0.25) is 0 Å². The number of rotatable bonds is 7. The number of aliphatic carboxylic acids is 1. The number of hydrogen-bond donors (Lipinski definition) is 2. The highest BCUT2D eigenvalue weighted by Crippen LogP contribution is 2.34.